The van der Waals surface area contributed by atoms with Crippen LogP contribution in [0.2, 0.25) is 0 Å². The van der Waals surface area contributed by atoms with Crippen LogP contribution in [0.3, 0.4) is 0 Å². The summed E-state index contributed by atoms with van der Waals surface area (Å²) in [6.45, 7) is 3.83. The minimum absolute atomic E-state index is 0.00199. The highest BCUT2D eigenvalue weighted by Crippen LogP contribution is 2.62. The van der Waals surface area contributed by atoms with Crippen molar-refractivity contribution in [2.75, 3.05) is 24.5 Å². The number of amides is 1. The van der Waals surface area contributed by atoms with Gasteiger partial charge in [-0.05, 0) is 98.2 Å². The lowest BCUT2D eigenvalue weighted by Crippen LogP contribution is -2.40. The van der Waals surface area contributed by atoms with Crippen molar-refractivity contribution in [3.63, 3.8) is 0 Å². The molecule has 2 aromatic rings. The largest absolute Gasteiger partial charge is 0.307 e. The molecule has 6 rings (SSSR count). The van der Waals surface area contributed by atoms with Crippen LogP contribution in [0.15, 0.2) is 51.8 Å². The molecule has 0 N–H and O–H groups in total. The van der Waals surface area contributed by atoms with Crippen molar-refractivity contribution in [1.29, 1.82) is 0 Å². The van der Waals surface area contributed by atoms with E-state index in [4.69, 9.17) is 0 Å². The molecule has 5 nitrogen and oxygen atoms in total. The Morgan fingerprint density at radius 1 is 1.03 bits per heavy atom. The average Bonchev–Trinajstić information content (AvgIpc) is 3.32. The van der Waals surface area contributed by atoms with Crippen LogP contribution in [0.5, 0.6) is 0 Å². The molecule has 1 amide bonds. The highest BCUT2D eigenvalue weighted by Gasteiger charge is 2.53. The molecule has 0 radical (unpaired) electrons. The lowest BCUT2D eigenvalue weighted by atomic mass is 9.66. The third-order valence-corrected chi connectivity index (χ3v) is 11.2. The Hall–Kier alpha value is -1.70. The van der Waals surface area contributed by atoms with Crippen LogP contribution in [0.1, 0.15) is 67.8 Å². The maximum Gasteiger partial charge on any atom is 0.258 e. The van der Waals surface area contributed by atoms with Gasteiger partial charge in [0.25, 0.3) is 5.91 Å². The minimum atomic E-state index is -3.59. The third-order valence-electron chi connectivity index (χ3n) is 8.86. The van der Waals surface area contributed by atoms with Crippen molar-refractivity contribution in [3.05, 3.63) is 58.1 Å². The molecule has 180 valence electrons. The van der Waals surface area contributed by atoms with Crippen molar-refractivity contribution in [2.24, 2.45) is 11.3 Å². The van der Waals surface area contributed by atoms with E-state index in [1.807, 2.05) is 17.0 Å². The van der Waals surface area contributed by atoms with Crippen molar-refractivity contribution >= 4 is 37.5 Å². The number of fused-ring (bicyclic) bond motifs is 2. The highest BCUT2D eigenvalue weighted by molar-refractivity contribution is 9.10. The summed E-state index contributed by atoms with van der Waals surface area (Å²) in [6, 6.07) is 12.9. The van der Waals surface area contributed by atoms with Gasteiger partial charge in [0, 0.05) is 40.8 Å². The number of sulfonamides is 1. The molecule has 2 saturated carbocycles. The molecule has 1 atom stereocenters. The average molecular weight is 544 g/mol. The minimum Gasteiger partial charge on any atom is -0.307 e. The van der Waals surface area contributed by atoms with E-state index in [0.29, 0.717) is 36.5 Å². The molecular weight excluding hydrogens is 512 g/mol. The predicted molar refractivity (Wildman–Crippen MR) is 137 cm³/mol. The molecule has 2 heterocycles. The Morgan fingerprint density at radius 2 is 1.76 bits per heavy atom. The van der Waals surface area contributed by atoms with Gasteiger partial charge in [0.1, 0.15) is 0 Å². The zero-order valence-electron chi connectivity index (χ0n) is 19.6. The molecule has 2 spiro atoms. The quantitative estimate of drug-likeness (QED) is 0.497. The SMILES string of the molecule is CC1CCN(S(=O)(=O)c2cccc(C(=O)N3CC4(CCC5(CC5)CC4)c4cc(Br)ccc43)c2)C1. The lowest BCUT2D eigenvalue weighted by molar-refractivity contribution is 0.0980. The molecule has 3 fully saturated rings. The van der Waals surface area contributed by atoms with Gasteiger partial charge in [0.15, 0.2) is 0 Å². The standard InChI is InChI=1S/C27H31BrN2O3S/c1-19-7-14-29(17-19)34(32,33)22-4-2-3-20(15-22)25(31)30-18-27(12-10-26(8-9-26)11-13-27)23-16-21(28)5-6-24(23)30/h2-6,15-16,19H,7-14,17-18H2,1H3. The maximum atomic E-state index is 13.8. The fourth-order valence-electron chi connectivity index (χ4n) is 6.39. The zero-order chi connectivity index (χ0) is 23.7. The van der Waals surface area contributed by atoms with Crippen molar-refractivity contribution in [1.82, 2.24) is 4.31 Å². The van der Waals surface area contributed by atoms with Gasteiger partial charge in [-0.3, -0.25) is 4.79 Å². The number of hydrogen-bond donors (Lipinski definition) is 0. The summed E-state index contributed by atoms with van der Waals surface area (Å²) in [5, 5.41) is 0. The fourth-order valence-corrected chi connectivity index (χ4v) is 8.38. The van der Waals surface area contributed by atoms with Crippen LogP contribution >= 0.6 is 15.9 Å². The molecule has 2 aromatic carbocycles. The number of anilines is 1. The molecule has 1 unspecified atom stereocenters. The van der Waals surface area contributed by atoms with Gasteiger partial charge in [-0.15, -0.1) is 0 Å². The molecule has 2 aliphatic carbocycles. The van der Waals surface area contributed by atoms with Crippen LogP contribution in [0.4, 0.5) is 5.69 Å². The zero-order valence-corrected chi connectivity index (χ0v) is 22.0. The van der Waals surface area contributed by atoms with Gasteiger partial charge in [-0.2, -0.15) is 4.31 Å². The Morgan fingerprint density at radius 3 is 2.44 bits per heavy atom. The van der Waals surface area contributed by atoms with Crippen molar-refractivity contribution in [2.45, 2.75) is 62.2 Å². The number of carbonyl (C=O) groups excluding carboxylic acids is 1. The predicted octanol–water partition coefficient (Wildman–Crippen LogP) is 5.73. The van der Waals surface area contributed by atoms with E-state index in [0.717, 1.165) is 29.4 Å². The summed E-state index contributed by atoms with van der Waals surface area (Å²) in [5.74, 6) is 0.250. The third kappa shape index (κ3) is 3.66. The Labute approximate surface area is 210 Å². The Bertz CT molecular complexity index is 1260. The topological polar surface area (TPSA) is 57.7 Å². The second-order valence-electron chi connectivity index (χ2n) is 11.1. The van der Waals surface area contributed by atoms with Crippen LogP contribution in [-0.2, 0) is 15.4 Å². The molecule has 2 aliphatic heterocycles. The van der Waals surface area contributed by atoms with E-state index in [-0.39, 0.29) is 16.2 Å². The van der Waals surface area contributed by atoms with Crippen LogP contribution in [-0.4, -0.2) is 38.3 Å². The second kappa shape index (κ2) is 7.90. The van der Waals surface area contributed by atoms with E-state index >= 15 is 0 Å². The molecule has 1 saturated heterocycles. The summed E-state index contributed by atoms with van der Waals surface area (Å²) >= 11 is 3.64. The summed E-state index contributed by atoms with van der Waals surface area (Å²) in [4.78, 5) is 15.9. The van der Waals surface area contributed by atoms with E-state index < -0.39 is 10.0 Å². The lowest BCUT2D eigenvalue weighted by Gasteiger charge is -2.38. The number of benzene rings is 2. The van der Waals surface area contributed by atoms with Gasteiger partial charge in [-0.25, -0.2) is 8.42 Å². The number of nitrogens with zero attached hydrogens (tertiary/aromatic N) is 2. The molecule has 0 aromatic heterocycles. The van der Waals surface area contributed by atoms with Gasteiger partial charge < -0.3 is 4.90 Å². The molecule has 7 heteroatoms. The summed E-state index contributed by atoms with van der Waals surface area (Å²) in [7, 11) is -3.59. The second-order valence-corrected chi connectivity index (χ2v) is 14.0. The molecule has 0 bridgehead atoms. The summed E-state index contributed by atoms with van der Waals surface area (Å²) in [6.07, 6.45) is 8.29. The van der Waals surface area contributed by atoms with Crippen LogP contribution in [0, 0.1) is 11.3 Å². The Kier molecular flexibility index (Phi) is 5.29. The van der Waals surface area contributed by atoms with Crippen molar-refractivity contribution < 1.29 is 13.2 Å². The summed E-state index contributed by atoms with van der Waals surface area (Å²) in [5.41, 5.74) is 3.25. The normalized spacial score (nSPS) is 25.1. The maximum absolute atomic E-state index is 13.8. The highest BCUT2D eigenvalue weighted by atomic mass is 79.9. The Balaban J connectivity index is 1.32. The van der Waals surface area contributed by atoms with Crippen LogP contribution < -0.4 is 4.90 Å². The number of rotatable bonds is 3. The van der Waals surface area contributed by atoms with Crippen LogP contribution in [0.25, 0.3) is 0 Å². The molecule has 4 aliphatic rings. The van der Waals surface area contributed by atoms with Gasteiger partial charge in [0.2, 0.25) is 10.0 Å². The van der Waals surface area contributed by atoms with E-state index in [1.54, 1.807) is 28.6 Å². The van der Waals surface area contributed by atoms with Gasteiger partial charge in [0.05, 0.1) is 4.90 Å². The van der Waals surface area contributed by atoms with Gasteiger partial charge in [-0.1, -0.05) is 28.9 Å². The first-order valence-electron chi connectivity index (χ1n) is 12.4. The van der Waals surface area contributed by atoms with Gasteiger partial charge >= 0.3 is 0 Å². The number of carbonyl (C=O) groups is 1. The monoisotopic (exact) mass is 542 g/mol. The first kappa shape index (κ1) is 22.7. The van der Waals surface area contributed by atoms with Crippen molar-refractivity contribution in [3.8, 4) is 0 Å². The first-order chi connectivity index (χ1) is 16.2. The summed E-state index contributed by atoms with van der Waals surface area (Å²) < 4.78 is 29.0. The molecular formula is C27H31BrN2O3S. The van der Waals surface area contributed by atoms with E-state index in [1.165, 1.54) is 31.2 Å². The first-order valence-corrected chi connectivity index (χ1v) is 14.7. The fraction of sp³-hybridized carbons (Fsp3) is 0.519. The number of hydrogen-bond acceptors (Lipinski definition) is 3. The van der Waals surface area contributed by atoms with E-state index in [9.17, 15) is 13.2 Å². The molecule has 34 heavy (non-hydrogen) atoms. The smallest absolute Gasteiger partial charge is 0.258 e. The van der Waals surface area contributed by atoms with E-state index in [2.05, 4.69) is 28.9 Å². The number of halogens is 1.